The van der Waals surface area contributed by atoms with E-state index < -0.39 is 0 Å². The van der Waals surface area contributed by atoms with Crippen molar-refractivity contribution in [2.75, 3.05) is 0 Å². The summed E-state index contributed by atoms with van der Waals surface area (Å²) in [4.78, 5) is 11.8. The molecule has 0 saturated carbocycles. The van der Waals surface area contributed by atoms with Crippen LogP contribution in [0, 0.1) is 6.92 Å². The third-order valence-corrected chi connectivity index (χ3v) is 2.62. The summed E-state index contributed by atoms with van der Waals surface area (Å²) in [5, 5.41) is 0. The van der Waals surface area contributed by atoms with Crippen LogP contribution in [0.25, 0.3) is 11.0 Å². The Morgan fingerprint density at radius 2 is 2.00 bits per heavy atom. The summed E-state index contributed by atoms with van der Waals surface area (Å²) in [5.41, 5.74) is 3.27. The molecule has 0 aliphatic rings. The molecular weight excluding hydrogens is 176 g/mol. The van der Waals surface area contributed by atoms with Crippen LogP contribution >= 0.6 is 0 Å². The van der Waals surface area contributed by atoms with Crippen molar-refractivity contribution in [3.8, 4) is 0 Å². The van der Waals surface area contributed by atoms with Crippen LogP contribution in [-0.4, -0.2) is 9.13 Å². The third kappa shape index (κ3) is 1.09. The number of nitrogens with zero attached hydrogens (tertiary/aromatic N) is 2. The zero-order valence-corrected chi connectivity index (χ0v) is 8.74. The van der Waals surface area contributed by atoms with E-state index in [2.05, 4.69) is 0 Å². The number of hydrogen-bond donors (Lipinski definition) is 0. The third-order valence-electron chi connectivity index (χ3n) is 2.62. The van der Waals surface area contributed by atoms with Crippen LogP contribution in [-0.2, 0) is 13.6 Å². The molecule has 0 saturated heterocycles. The Morgan fingerprint density at radius 3 is 2.64 bits per heavy atom. The van der Waals surface area contributed by atoms with E-state index in [-0.39, 0.29) is 5.69 Å². The molecule has 1 aromatic heterocycles. The SMILES string of the molecule is CCn1c(=O)n(C)c2cc(C)ccc21. The van der Waals surface area contributed by atoms with Crippen LogP contribution in [0.3, 0.4) is 0 Å². The van der Waals surface area contributed by atoms with Gasteiger partial charge in [-0.3, -0.25) is 9.13 Å². The first-order valence-electron chi connectivity index (χ1n) is 4.81. The van der Waals surface area contributed by atoms with Gasteiger partial charge in [0.05, 0.1) is 11.0 Å². The minimum absolute atomic E-state index is 0.0631. The Hall–Kier alpha value is -1.51. The second kappa shape index (κ2) is 3.01. The van der Waals surface area contributed by atoms with Gasteiger partial charge in [0.15, 0.2) is 0 Å². The van der Waals surface area contributed by atoms with Crippen LogP contribution in [0.5, 0.6) is 0 Å². The Balaban J connectivity index is 2.96. The lowest BCUT2D eigenvalue weighted by molar-refractivity contribution is 0.712. The van der Waals surface area contributed by atoms with Gasteiger partial charge >= 0.3 is 5.69 Å². The molecule has 0 unspecified atom stereocenters. The van der Waals surface area contributed by atoms with Gasteiger partial charge in [-0.15, -0.1) is 0 Å². The minimum atomic E-state index is 0.0631. The smallest absolute Gasteiger partial charge is 0.295 e. The maximum Gasteiger partial charge on any atom is 0.328 e. The zero-order valence-electron chi connectivity index (χ0n) is 8.74. The molecule has 2 aromatic rings. The van der Waals surface area contributed by atoms with Gasteiger partial charge in [0.1, 0.15) is 0 Å². The molecule has 2 rings (SSSR count). The molecule has 0 amide bonds. The maximum absolute atomic E-state index is 11.8. The highest BCUT2D eigenvalue weighted by Gasteiger charge is 2.08. The molecule has 0 aliphatic carbocycles. The predicted octanol–water partition coefficient (Wildman–Crippen LogP) is 1.67. The van der Waals surface area contributed by atoms with E-state index in [1.54, 1.807) is 9.13 Å². The average molecular weight is 190 g/mol. The number of fused-ring (bicyclic) bond motifs is 1. The summed E-state index contributed by atoms with van der Waals surface area (Å²) >= 11 is 0. The van der Waals surface area contributed by atoms with Gasteiger partial charge in [0.2, 0.25) is 0 Å². The lowest BCUT2D eigenvalue weighted by Gasteiger charge is -1.97. The van der Waals surface area contributed by atoms with E-state index in [9.17, 15) is 4.79 Å². The molecule has 14 heavy (non-hydrogen) atoms. The molecule has 0 fully saturated rings. The number of imidazole rings is 1. The number of hydrogen-bond acceptors (Lipinski definition) is 1. The molecule has 0 bridgehead atoms. The average Bonchev–Trinajstić information content (AvgIpc) is 2.41. The molecule has 74 valence electrons. The number of rotatable bonds is 1. The van der Waals surface area contributed by atoms with E-state index in [0.717, 1.165) is 17.6 Å². The van der Waals surface area contributed by atoms with Crippen molar-refractivity contribution in [3.63, 3.8) is 0 Å². The highest BCUT2D eigenvalue weighted by atomic mass is 16.1. The molecule has 0 aliphatic heterocycles. The van der Waals surface area contributed by atoms with Gasteiger partial charge in [-0.25, -0.2) is 4.79 Å². The van der Waals surface area contributed by atoms with Crippen molar-refractivity contribution < 1.29 is 0 Å². The van der Waals surface area contributed by atoms with Crippen molar-refractivity contribution in [2.45, 2.75) is 20.4 Å². The van der Waals surface area contributed by atoms with Gasteiger partial charge in [-0.2, -0.15) is 0 Å². The van der Waals surface area contributed by atoms with Crippen LogP contribution in [0.15, 0.2) is 23.0 Å². The van der Waals surface area contributed by atoms with Crippen LogP contribution in [0.1, 0.15) is 12.5 Å². The van der Waals surface area contributed by atoms with Crippen molar-refractivity contribution in [2.24, 2.45) is 7.05 Å². The van der Waals surface area contributed by atoms with E-state index in [1.165, 1.54) is 5.56 Å². The van der Waals surface area contributed by atoms with E-state index in [4.69, 9.17) is 0 Å². The molecule has 3 heteroatoms. The summed E-state index contributed by atoms with van der Waals surface area (Å²) < 4.78 is 3.49. The quantitative estimate of drug-likeness (QED) is 0.672. The van der Waals surface area contributed by atoms with Crippen molar-refractivity contribution in [1.29, 1.82) is 0 Å². The summed E-state index contributed by atoms with van der Waals surface area (Å²) in [6, 6.07) is 6.09. The van der Waals surface area contributed by atoms with Crippen molar-refractivity contribution >= 4 is 11.0 Å². The Labute approximate surface area is 82.6 Å². The predicted molar refractivity (Wildman–Crippen MR) is 57.6 cm³/mol. The highest BCUT2D eigenvalue weighted by Crippen LogP contribution is 2.13. The van der Waals surface area contributed by atoms with Gasteiger partial charge in [-0.1, -0.05) is 6.07 Å². The number of aromatic nitrogens is 2. The van der Waals surface area contributed by atoms with Crippen LogP contribution in [0.2, 0.25) is 0 Å². The molecule has 0 N–H and O–H groups in total. The molecule has 1 aromatic carbocycles. The van der Waals surface area contributed by atoms with Gasteiger partial charge < -0.3 is 0 Å². The van der Waals surface area contributed by atoms with Gasteiger partial charge in [-0.05, 0) is 31.5 Å². The van der Waals surface area contributed by atoms with Crippen molar-refractivity contribution in [1.82, 2.24) is 9.13 Å². The summed E-state index contributed by atoms with van der Waals surface area (Å²) in [5.74, 6) is 0. The highest BCUT2D eigenvalue weighted by molar-refractivity contribution is 5.76. The molecular formula is C11H14N2O. The second-order valence-electron chi connectivity index (χ2n) is 3.58. The van der Waals surface area contributed by atoms with Crippen LogP contribution in [0.4, 0.5) is 0 Å². The lowest BCUT2D eigenvalue weighted by atomic mass is 10.2. The summed E-state index contributed by atoms with van der Waals surface area (Å²) in [6.07, 6.45) is 0. The molecule has 0 spiro atoms. The Bertz CT molecular complexity index is 534. The molecule has 0 atom stereocenters. The van der Waals surface area contributed by atoms with Gasteiger partial charge in [0.25, 0.3) is 0 Å². The largest absolute Gasteiger partial charge is 0.328 e. The first-order valence-corrected chi connectivity index (χ1v) is 4.81. The topological polar surface area (TPSA) is 26.9 Å². The van der Waals surface area contributed by atoms with Crippen LogP contribution < -0.4 is 5.69 Å². The number of aryl methyl sites for hydroxylation is 3. The first-order chi connectivity index (χ1) is 6.65. The zero-order chi connectivity index (χ0) is 10.3. The first kappa shape index (κ1) is 9.06. The fourth-order valence-electron chi connectivity index (χ4n) is 1.82. The molecule has 1 heterocycles. The Morgan fingerprint density at radius 1 is 1.29 bits per heavy atom. The minimum Gasteiger partial charge on any atom is -0.295 e. The lowest BCUT2D eigenvalue weighted by Crippen LogP contribution is -2.21. The van der Waals surface area contributed by atoms with Crippen molar-refractivity contribution in [3.05, 3.63) is 34.2 Å². The second-order valence-corrected chi connectivity index (χ2v) is 3.58. The fourth-order valence-corrected chi connectivity index (χ4v) is 1.82. The molecule has 0 radical (unpaired) electrons. The van der Waals surface area contributed by atoms with E-state index >= 15 is 0 Å². The van der Waals surface area contributed by atoms with Gasteiger partial charge in [0, 0.05) is 13.6 Å². The maximum atomic E-state index is 11.8. The molecule has 3 nitrogen and oxygen atoms in total. The number of benzene rings is 1. The normalized spacial score (nSPS) is 11.1. The monoisotopic (exact) mass is 190 g/mol. The standard InChI is InChI=1S/C11H14N2O/c1-4-13-9-6-5-8(2)7-10(9)12(3)11(13)14/h5-7H,4H2,1-3H3. The Kier molecular flexibility index (Phi) is 1.95. The van der Waals surface area contributed by atoms with E-state index in [1.807, 2.05) is 39.1 Å². The summed E-state index contributed by atoms with van der Waals surface area (Å²) in [7, 11) is 1.82. The fraction of sp³-hybridized carbons (Fsp3) is 0.364. The van der Waals surface area contributed by atoms with E-state index in [0.29, 0.717) is 0 Å². The summed E-state index contributed by atoms with van der Waals surface area (Å²) in [6.45, 7) is 4.74.